The molecule has 0 saturated heterocycles. The molecule has 1 unspecified atom stereocenters. The lowest BCUT2D eigenvalue weighted by Gasteiger charge is -2.16. The molecular weight excluding hydrogens is 346 g/mol. The van der Waals surface area contributed by atoms with Gasteiger partial charge in [0.15, 0.2) is 0 Å². The third-order valence-corrected chi connectivity index (χ3v) is 3.90. The molecule has 17 heavy (non-hydrogen) atoms. The molecule has 0 aliphatic rings. The van der Waals surface area contributed by atoms with Crippen LogP contribution < -0.4 is 5.73 Å². The number of halogens is 2. The van der Waals surface area contributed by atoms with E-state index >= 15 is 0 Å². The smallest absolute Gasteiger partial charge is 0.0737 e. The second-order valence-corrected chi connectivity index (χ2v) is 5.75. The zero-order valence-corrected chi connectivity index (χ0v) is 12.8. The van der Waals surface area contributed by atoms with Crippen molar-refractivity contribution in [2.24, 2.45) is 12.8 Å². The number of rotatable bonds is 2. The second kappa shape index (κ2) is 4.92. The Morgan fingerprint density at radius 1 is 1.35 bits per heavy atom. The molecule has 0 saturated carbocycles. The summed E-state index contributed by atoms with van der Waals surface area (Å²) in [6.07, 6.45) is 1.77. The van der Waals surface area contributed by atoms with Crippen molar-refractivity contribution < 1.29 is 0 Å². The number of aromatic nitrogens is 2. The molecule has 0 fully saturated rings. The first-order valence-corrected chi connectivity index (χ1v) is 6.78. The maximum Gasteiger partial charge on any atom is 0.0737 e. The third kappa shape index (κ3) is 2.46. The molecule has 1 aromatic carbocycles. The van der Waals surface area contributed by atoms with Crippen molar-refractivity contribution >= 4 is 31.9 Å². The molecule has 3 nitrogen and oxygen atoms in total. The standard InChI is InChI=1S/C12H13Br2N3/c1-7-5-8(13)3-4-9(7)11(15)12-10(14)6-16-17(12)2/h3-6,11H,15H2,1-2H3. The number of benzene rings is 1. The van der Waals surface area contributed by atoms with Crippen molar-refractivity contribution in [1.82, 2.24) is 9.78 Å². The Bertz CT molecular complexity index is 529. The van der Waals surface area contributed by atoms with E-state index in [1.165, 1.54) is 5.56 Å². The molecule has 0 spiro atoms. The van der Waals surface area contributed by atoms with E-state index in [0.29, 0.717) is 0 Å². The van der Waals surface area contributed by atoms with Gasteiger partial charge in [0.25, 0.3) is 0 Å². The van der Waals surface area contributed by atoms with Crippen LogP contribution in [-0.2, 0) is 7.05 Å². The summed E-state index contributed by atoms with van der Waals surface area (Å²) in [4.78, 5) is 0. The van der Waals surface area contributed by atoms with Crippen LogP contribution in [0.4, 0.5) is 0 Å². The van der Waals surface area contributed by atoms with Crippen molar-refractivity contribution in [3.05, 3.63) is 50.2 Å². The minimum atomic E-state index is -0.176. The van der Waals surface area contributed by atoms with Crippen LogP contribution in [0.15, 0.2) is 33.3 Å². The first kappa shape index (κ1) is 12.8. The highest BCUT2D eigenvalue weighted by Crippen LogP contribution is 2.29. The van der Waals surface area contributed by atoms with Crippen molar-refractivity contribution in [3.8, 4) is 0 Å². The fourth-order valence-corrected chi connectivity index (χ4v) is 2.98. The molecule has 1 heterocycles. The average Bonchev–Trinajstić information content (AvgIpc) is 2.58. The fourth-order valence-electron chi connectivity index (χ4n) is 1.91. The number of hydrogen-bond donors (Lipinski definition) is 1. The molecule has 2 rings (SSSR count). The molecule has 2 aromatic rings. The zero-order valence-electron chi connectivity index (χ0n) is 9.61. The minimum Gasteiger partial charge on any atom is -0.319 e. The Balaban J connectivity index is 2.47. The van der Waals surface area contributed by atoms with Gasteiger partial charge < -0.3 is 5.73 Å². The first-order valence-electron chi connectivity index (χ1n) is 5.19. The third-order valence-electron chi connectivity index (χ3n) is 2.80. The average molecular weight is 359 g/mol. The van der Waals surface area contributed by atoms with E-state index in [1.807, 2.05) is 19.2 Å². The summed E-state index contributed by atoms with van der Waals surface area (Å²) >= 11 is 6.94. The predicted molar refractivity (Wildman–Crippen MR) is 75.8 cm³/mol. The summed E-state index contributed by atoms with van der Waals surface area (Å²) < 4.78 is 3.81. The van der Waals surface area contributed by atoms with E-state index in [1.54, 1.807) is 10.9 Å². The number of nitrogens with zero attached hydrogens (tertiary/aromatic N) is 2. The summed E-state index contributed by atoms with van der Waals surface area (Å²) in [5.74, 6) is 0. The van der Waals surface area contributed by atoms with Gasteiger partial charge in [0.05, 0.1) is 22.4 Å². The minimum absolute atomic E-state index is 0.176. The van der Waals surface area contributed by atoms with Crippen molar-refractivity contribution in [3.63, 3.8) is 0 Å². The monoisotopic (exact) mass is 357 g/mol. The van der Waals surface area contributed by atoms with Crippen molar-refractivity contribution in [2.45, 2.75) is 13.0 Å². The van der Waals surface area contributed by atoms with Crippen LogP contribution in [0, 0.1) is 6.92 Å². The van der Waals surface area contributed by atoms with Crippen LogP contribution in [0.25, 0.3) is 0 Å². The summed E-state index contributed by atoms with van der Waals surface area (Å²) in [5, 5.41) is 4.19. The quantitative estimate of drug-likeness (QED) is 0.895. The highest BCUT2D eigenvalue weighted by Gasteiger charge is 2.18. The van der Waals surface area contributed by atoms with E-state index in [-0.39, 0.29) is 6.04 Å². The SMILES string of the molecule is Cc1cc(Br)ccc1C(N)c1c(Br)cnn1C. The van der Waals surface area contributed by atoms with Gasteiger partial charge in [0.2, 0.25) is 0 Å². The van der Waals surface area contributed by atoms with Gasteiger partial charge in [-0.15, -0.1) is 0 Å². The number of nitrogens with two attached hydrogens (primary N) is 1. The molecule has 5 heteroatoms. The normalized spacial score (nSPS) is 12.8. The Morgan fingerprint density at radius 3 is 2.59 bits per heavy atom. The predicted octanol–water partition coefficient (Wildman–Crippen LogP) is 3.30. The van der Waals surface area contributed by atoms with E-state index in [4.69, 9.17) is 5.73 Å². The molecule has 0 radical (unpaired) electrons. The summed E-state index contributed by atoms with van der Waals surface area (Å²) in [5.41, 5.74) is 9.56. The molecule has 90 valence electrons. The molecule has 0 aliphatic carbocycles. The fraction of sp³-hybridized carbons (Fsp3) is 0.250. The summed E-state index contributed by atoms with van der Waals surface area (Å²) in [6.45, 7) is 2.06. The van der Waals surface area contributed by atoms with Crippen LogP contribution in [0.1, 0.15) is 22.9 Å². The molecule has 0 aliphatic heterocycles. The van der Waals surface area contributed by atoms with Gasteiger partial charge in [0, 0.05) is 11.5 Å². The summed E-state index contributed by atoms with van der Waals surface area (Å²) in [6, 6.07) is 5.94. The van der Waals surface area contributed by atoms with Crippen molar-refractivity contribution in [2.75, 3.05) is 0 Å². The Kier molecular flexibility index (Phi) is 3.70. The number of hydrogen-bond acceptors (Lipinski definition) is 2. The van der Waals surface area contributed by atoms with Gasteiger partial charge in [-0.3, -0.25) is 4.68 Å². The zero-order chi connectivity index (χ0) is 12.6. The van der Waals surface area contributed by atoms with Crippen LogP contribution in [0.3, 0.4) is 0 Å². The Hall–Kier alpha value is -0.650. The molecule has 1 aromatic heterocycles. The van der Waals surface area contributed by atoms with Crippen LogP contribution in [0.2, 0.25) is 0 Å². The Morgan fingerprint density at radius 2 is 2.06 bits per heavy atom. The lowest BCUT2D eigenvalue weighted by molar-refractivity contribution is 0.669. The van der Waals surface area contributed by atoms with Crippen LogP contribution in [0.5, 0.6) is 0 Å². The summed E-state index contributed by atoms with van der Waals surface area (Å²) in [7, 11) is 1.90. The van der Waals surface area contributed by atoms with Gasteiger partial charge >= 0.3 is 0 Å². The molecule has 1 atom stereocenters. The maximum atomic E-state index is 6.31. The molecular formula is C12H13Br2N3. The Labute approximate surface area is 117 Å². The number of aryl methyl sites for hydroxylation is 2. The lowest BCUT2D eigenvalue weighted by Crippen LogP contribution is -2.17. The topological polar surface area (TPSA) is 43.8 Å². The van der Waals surface area contributed by atoms with Gasteiger partial charge in [-0.1, -0.05) is 22.0 Å². The van der Waals surface area contributed by atoms with Gasteiger partial charge in [-0.25, -0.2) is 0 Å². The van der Waals surface area contributed by atoms with Crippen LogP contribution >= 0.6 is 31.9 Å². The van der Waals surface area contributed by atoms with Crippen LogP contribution in [-0.4, -0.2) is 9.78 Å². The molecule has 0 bridgehead atoms. The first-order chi connectivity index (χ1) is 8.00. The van der Waals surface area contributed by atoms with E-state index < -0.39 is 0 Å². The van der Waals surface area contributed by atoms with E-state index in [2.05, 4.69) is 49.9 Å². The highest BCUT2D eigenvalue weighted by molar-refractivity contribution is 9.10. The lowest BCUT2D eigenvalue weighted by atomic mass is 10.00. The van der Waals surface area contributed by atoms with E-state index in [0.717, 1.165) is 20.2 Å². The maximum absolute atomic E-state index is 6.31. The second-order valence-electron chi connectivity index (χ2n) is 3.98. The van der Waals surface area contributed by atoms with Gasteiger partial charge in [-0.2, -0.15) is 5.10 Å². The molecule has 0 amide bonds. The van der Waals surface area contributed by atoms with E-state index in [9.17, 15) is 0 Å². The highest BCUT2D eigenvalue weighted by atomic mass is 79.9. The van der Waals surface area contributed by atoms with Crippen molar-refractivity contribution in [1.29, 1.82) is 0 Å². The van der Waals surface area contributed by atoms with Gasteiger partial charge in [-0.05, 0) is 46.1 Å². The molecule has 2 N–H and O–H groups in total. The largest absolute Gasteiger partial charge is 0.319 e. The van der Waals surface area contributed by atoms with Gasteiger partial charge in [0.1, 0.15) is 0 Å².